The summed E-state index contributed by atoms with van der Waals surface area (Å²) in [7, 11) is 0. The monoisotopic (exact) mass is 452 g/mol. The molecule has 160 valence electrons. The van der Waals surface area contributed by atoms with Crippen molar-refractivity contribution in [2.45, 2.75) is 45.4 Å². The summed E-state index contributed by atoms with van der Waals surface area (Å²) in [6, 6.07) is 17.1. The van der Waals surface area contributed by atoms with Crippen molar-refractivity contribution in [2.24, 2.45) is 5.92 Å². The smallest absolute Gasteiger partial charge is 0.310 e. The van der Waals surface area contributed by atoms with Gasteiger partial charge in [0, 0.05) is 33.4 Å². The Bertz CT molecular complexity index is 1080. The molecule has 0 unspecified atom stereocenters. The van der Waals surface area contributed by atoms with Crippen molar-refractivity contribution in [3.05, 3.63) is 64.5 Å². The maximum absolute atomic E-state index is 13.3. The van der Waals surface area contributed by atoms with Crippen molar-refractivity contribution in [1.29, 1.82) is 0 Å². The maximum atomic E-state index is 13.3. The molecule has 0 bridgehead atoms. The number of carbonyl (C=O) groups is 2. The Morgan fingerprint density at radius 1 is 1.00 bits per heavy atom. The van der Waals surface area contributed by atoms with E-state index in [1.54, 1.807) is 13.0 Å². The second-order valence-corrected chi connectivity index (χ2v) is 9.37. The number of ketones is 1. The van der Waals surface area contributed by atoms with Gasteiger partial charge in [0.2, 0.25) is 0 Å². The Morgan fingerprint density at radius 2 is 1.71 bits per heavy atom. The zero-order valence-electron chi connectivity index (χ0n) is 17.5. The number of ether oxygens (including phenoxy) is 1. The number of para-hydroxylation sites is 1. The summed E-state index contributed by atoms with van der Waals surface area (Å²) in [5.41, 5.74) is 2.71. The molecule has 0 radical (unpaired) electrons. The fourth-order valence-corrected chi connectivity index (χ4v) is 5.39. The Kier molecular flexibility index (Phi) is 6.89. The summed E-state index contributed by atoms with van der Waals surface area (Å²) in [6.07, 6.45) is 5.68. The van der Waals surface area contributed by atoms with E-state index in [0.29, 0.717) is 17.2 Å². The number of rotatable bonds is 6. The highest BCUT2D eigenvalue weighted by molar-refractivity contribution is 7.18. The van der Waals surface area contributed by atoms with Gasteiger partial charge in [-0.2, -0.15) is 0 Å². The van der Waals surface area contributed by atoms with E-state index >= 15 is 0 Å². The van der Waals surface area contributed by atoms with Gasteiger partial charge < -0.3 is 4.74 Å². The van der Waals surface area contributed by atoms with Gasteiger partial charge >= 0.3 is 5.97 Å². The van der Waals surface area contributed by atoms with Crippen LogP contribution in [0.5, 0.6) is 5.75 Å². The Labute approximate surface area is 192 Å². The van der Waals surface area contributed by atoms with Crippen molar-refractivity contribution in [2.75, 3.05) is 0 Å². The number of halogens is 1. The van der Waals surface area contributed by atoms with Crippen molar-refractivity contribution >= 4 is 34.7 Å². The first kappa shape index (κ1) is 21.8. The lowest BCUT2D eigenvalue weighted by Crippen LogP contribution is -2.16. The van der Waals surface area contributed by atoms with E-state index in [1.165, 1.54) is 17.8 Å². The second kappa shape index (κ2) is 9.80. The van der Waals surface area contributed by atoms with Crippen LogP contribution < -0.4 is 4.74 Å². The lowest BCUT2D eigenvalue weighted by molar-refractivity contribution is -0.133. The van der Waals surface area contributed by atoms with Crippen LogP contribution in [0.1, 0.15) is 55.1 Å². The molecule has 0 atom stereocenters. The average molecular weight is 453 g/mol. The van der Waals surface area contributed by atoms with Crippen LogP contribution in [0.25, 0.3) is 21.6 Å². The van der Waals surface area contributed by atoms with Crippen molar-refractivity contribution < 1.29 is 14.3 Å². The zero-order valence-corrected chi connectivity index (χ0v) is 19.1. The maximum Gasteiger partial charge on any atom is 0.310 e. The van der Waals surface area contributed by atoms with Gasteiger partial charge in [0.05, 0.1) is 4.88 Å². The van der Waals surface area contributed by atoms with Gasteiger partial charge in [0.15, 0.2) is 5.78 Å². The third-order valence-corrected chi connectivity index (χ3v) is 7.20. The molecule has 1 heterocycles. The van der Waals surface area contributed by atoms with Crippen LogP contribution in [0.15, 0.2) is 54.6 Å². The largest absolute Gasteiger partial charge is 0.426 e. The number of hydrogen-bond donors (Lipinski definition) is 0. The fraction of sp³-hybridized carbons (Fsp3) is 0.308. The lowest BCUT2D eigenvalue weighted by atomic mass is 9.85. The van der Waals surface area contributed by atoms with Crippen LogP contribution in [0.4, 0.5) is 0 Å². The number of thiophene rings is 1. The highest BCUT2D eigenvalue weighted by Crippen LogP contribution is 2.44. The summed E-state index contributed by atoms with van der Waals surface area (Å²) >= 11 is 7.62. The molecule has 1 aliphatic carbocycles. The lowest BCUT2D eigenvalue weighted by Gasteiger charge is -2.19. The quantitative estimate of drug-likeness (QED) is 0.217. The van der Waals surface area contributed by atoms with E-state index < -0.39 is 0 Å². The van der Waals surface area contributed by atoms with Crippen LogP contribution in [-0.2, 0) is 4.79 Å². The second-order valence-electron chi connectivity index (χ2n) is 7.88. The van der Waals surface area contributed by atoms with Crippen molar-refractivity contribution in [3.63, 3.8) is 0 Å². The highest BCUT2D eigenvalue weighted by Gasteiger charge is 2.26. The van der Waals surface area contributed by atoms with Crippen LogP contribution in [0.3, 0.4) is 0 Å². The van der Waals surface area contributed by atoms with Gasteiger partial charge in [-0.25, -0.2) is 0 Å². The van der Waals surface area contributed by atoms with Crippen LogP contribution in [-0.4, -0.2) is 11.8 Å². The third-order valence-electron chi connectivity index (χ3n) is 5.75. The normalized spacial score (nSPS) is 14.4. The summed E-state index contributed by atoms with van der Waals surface area (Å²) in [6.45, 7) is 1.77. The molecule has 2 aromatic carbocycles. The summed E-state index contributed by atoms with van der Waals surface area (Å²) in [5.74, 6) is 0.564. The highest BCUT2D eigenvalue weighted by atomic mass is 35.5. The number of esters is 1. The molecule has 4 rings (SSSR count). The first-order valence-electron chi connectivity index (χ1n) is 10.8. The molecule has 31 heavy (non-hydrogen) atoms. The number of carbonyl (C=O) groups excluding carboxylic acids is 2. The molecule has 0 saturated heterocycles. The van der Waals surface area contributed by atoms with Gasteiger partial charge in [-0.3, -0.25) is 9.59 Å². The minimum absolute atomic E-state index is 0.103. The third kappa shape index (κ3) is 4.91. The van der Waals surface area contributed by atoms with Gasteiger partial charge in [-0.15, -0.1) is 11.3 Å². The number of hydrogen-bond acceptors (Lipinski definition) is 4. The fourth-order valence-electron chi connectivity index (χ4n) is 4.07. The summed E-state index contributed by atoms with van der Waals surface area (Å²) < 4.78 is 5.60. The predicted octanol–water partition coefficient (Wildman–Crippen LogP) is 7.81. The SMILES string of the molecule is CCC(=O)Oc1ccccc1-c1cc(C(=O)C2CCCCC2)sc1-c1ccc(Cl)cc1. The van der Waals surface area contributed by atoms with E-state index in [1.807, 2.05) is 48.5 Å². The van der Waals surface area contributed by atoms with Gasteiger partial charge in [-0.1, -0.05) is 68.1 Å². The molecule has 1 aliphatic rings. The zero-order chi connectivity index (χ0) is 21.8. The first-order valence-corrected chi connectivity index (χ1v) is 12.0. The minimum atomic E-state index is -0.283. The van der Waals surface area contributed by atoms with Crippen molar-refractivity contribution in [3.8, 4) is 27.3 Å². The Hall–Kier alpha value is -2.43. The van der Waals surface area contributed by atoms with Gasteiger partial charge in [0.25, 0.3) is 0 Å². The Balaban J connectivity index is 1.81. The Morgan fingerprint density at radius 3 is 2.42 bits per heavy atom. The molecule has 0 aliphatic heterocycles. The van der Waals surface area contributed by atoms with E-state index in [0.717, 1.165) is 52.1 Å². The molecule has 1 saturated carbocycles. The molecule has 1 fully saturated rings. The standard InChI is InChI=1S/C26H25ClO3S/c1-2-24(28)30-22-11-7-6-10-20(22)21-16-23(25(29)17-8-4-3-5-9-17)31-26(21)18-12-14-19(27)15-13-18/h6-7,10-17H,2-5,8-9H2,1H3. The van der Waals surface area contributed by atoms with E-state index in [2.05, 4.69) is 0 Å². The first-order chi connectivity index (χ1) is 15.1. The van der Waals surface area contributed by atoms with E-state index in [-0.39, 0.29) is 17.7 Å². The van der Waals surface area contributed by atoms with E-state index in [4.69, 9.17) is 16.3 Å². The van der Waals surface area contributed by atoms with Crippen LogP contribution in [0, 0.1) is 5.92 Å². The molecular weight excluding hydrogens is 428 g/mol. The molecule has 5 heteroatoms. The molecule has 0 spiro atoms. The van der Waals surface area contributed by atoms with Crippen LogP contribution >= 0.6 is 22.9 Å². The molecule has 3 nitrogen and oxygen atoms in total. The predicted molar refractivity (Wildman–Crippen MR) is 127 cm³/mol. The molecular formula is C26H25ClO3S. The molecule has 0 N–H and O–H groups in total. The number of benzene rings is 2. The molecule has 3 aromatic rings. The average Bonchev–Trinajstić information content (AvgIpc) is 3.25. The topological polar surface area (TPSA) is 43.4 Å². The van der Waals surface area contributed by atoms with Crippen molar-refractivity contribution in [1.82, 2.24) is 0 Å². The summed E-state index contributed by atoms with van der Waals surface area (Å²) in [4.78, 5) is 27.0. The van der Waals surface area contributed by atoms with Gasteiger partial charge in [-0.05, 0) is 42.7 Å². The van der Waals surface area contributed by atoms with E-state index in [9.17, 15) is 9.59 Å². The molecule has 0 amide bonds. The van der Waals surface area contributed by atoms with Crippen LogP contribution in [0.2, 0.25) is 5.02 Å². The summed E-state index contributed by atoms with van der Waals surface area (Å²) in [5, 5.41) is 0.664. The molecule has 1 aromatic heterocycles. The number of Topliss-reactive ketones (excluding diaryl/α,β-unsaturated/α-hetero) is 1. The minimum Gasteiger partial charge on any atom is -0.426 e. The van der Waals surface area contributed by atoms with Gasteiger partial charge in [0.1, 0.15) is 5.75 Å².